The maximum atomic E-state index is 12.0. The smallest absolute Gasteiger partial charge is 0.340 e. The van der Waals surface area contributed by atoms with Crippen LogP contribution in [0.15, 0.2) is 60.9 Å². The summed E-state index contributed by atoms with van der Waals surface area (Å²) in [7, 11) is 1.39. The molecule has 1 aliphatic rings. The average Bonchev–Trinajstić information content (AvgIpc) is 2.83. The first kappa shape index (κ1) is 21.7. The van der Waals surface area contributed by atoms with Gasteiger partial charge in [0.1, 0.15) is 5.75 Å². The predicted octanol–water partition coefficient (Wildman–Crippen LogP) is 5.54. The van der Waals surface area contributed by atoms with E-state index in [2.05, 4.69) is 33.8 Å². The van der Waals surface area contributed by atoms with Crippen molar-refractivity contribution in [2.24, 2.45) is 0 Å². The number of pyridine rings is 1. The second-order valence-corrected chi connectivity index (χ2v) is 7.88. The molecule has 2 aromatic carbocycles. The third-order valence-electron chi connectivity index (χ3n) is 5.80. The van der Waals surface area contributed by atoms with Gasteiger partial charge in [-0.1, -0.05) is 6.07 Å². The first-order valence-corrected chi connectivity index (χ1v) is 11.1. The highest BCUT2D eigenvalue weighted by Gasteiger charge is 2.21. The van der Waals surface area contributed by atoms with Gasteiger partial charge in [0.05, 0.1) is 31.2 Å². The monoisotopic (exact) mass is 431 g/mol. The fourth-order valence-electron chi connectivity index (χ4n) is 4.23. The molecule has 1 aromatic heterocycles. The molecule has 1 atom stereocenters. The number of aryl methyl sites for hydroxylation is 1. The number of ether oxygens (including phenoxy) is 2. The second kappa shape index (κ2) is 10.2. The van der Waals surface area contributed by atoms with Crippen LogP contribution in [0.4, 0.5) is 17.1 Å². The Balaban J connectivity index is 1.45. The second-order valence-electron chi connectivity index (χ2n) is 7.88. The number of methoxy groups -OCH3 is 1. The van der Waals surface area contributed by atoms with Gasteiger partial charge in [-0.2, -0.15) is 0 Å². The topological polar surface area (TPSA) is 72.5 Å². The molecule has 6 nitrogen and oxygen atoms in total. The molecule has 2 N–H and O–H groups in total. The summed E-state index contributed by atoms with van der Waals surface area (Å²) < 4.78 is 10.4. The molecule has 1 heterocycles. The van der Waals surface area contributed by atoms with E-state index < -0.39 is 0 Å². The number of aromatic nitrogens is 1. The average molecular weight is 432 g/mol. The Bertz CT molecular complexity index is 1070. The molecule has 32 heavy (non-hydrogen) atoms. The lowest BCUT2D eigenvalue weighted by molar-refractivity contribution is 0.0601. The molecule has 0 saturated carbocycles. The van der Waals surface area contributed by atoms with E-state index in [0.29, 0.717) is 23.8 Å². The van der Waals surface area contributed by atoms with E-state index in [1.807, 2.05) is 31.2 Å². The van der Waals surface area contributed by atoms with Gasteiger partial charge >= 0.3 is 5.97 Å². The summed E-state index contributed by atoms with van der Waals surface area (Å²) in [5.41, 5.74) is 6.08. The predicted molar refractivity (Wildman–Crippen MR) is 127 cm³/mol. The highest BCUT2D eigenvalue weighted by Crippen LogP contribution is 2.34. The number of carbonyl (C=O) groups excluding carboxylic acids is 1. The number of fused-ring (bicyclic) bond motifs is 1. The van der Waals surface area contributed by atoms with Crippen molar-refractivity contribution in [1.29, 1.82) is 0 Å². The van der Waals surface area contributed by atoms with E-state index in [1.54, 1.807) is 18.5 Å². The van der Waals surface area contributed by atoms with Crippen molar-refractivity contribution in [2.75, 3.05) is 30.9 Å². The van der Waals surface area contributed by atoms with E-state index >= 15 is 0 Å². The number of esters is 1. The van der Waals surface area contributed by atoms with Crippen molar-refractivity contribution in [3.63, 3.8) is 0 Å². The number of hydrogen-bond donors (Lipinski definition) is 2. The third-order valence-corrected chi connectivity index (χ3v) is 5.80. The van der Waals surface area contributed by atoms with E-state index in [-0.39, 0.29) is 5.97 Å². The Hall–Kier alpha value is -3.54. The molecule has 1 aliphatic carbocycles. The molecule has 166 valence electrons. The van der Waals surface area contributed by atoms with Gasteiger partial charge in [0.25, 0.3) is 0 Å². The van der Waals surface area contributed by atoms with Gasteiger partial charge in [-0.3, -0.25) is 4.98 Å². The van der Waals surface area contributed by atoms with Crippen LogP contribution in [-0.4, -0.2) is 31.2 Å². The van der Waals surface area contributed by atoms with Crippen molar-refractivity contribution in [3.05, 3.63) is 77.6 Å². The Morgan fingerprint density at radius 2 is 1.94 bits per heavy atom. The maximum absolute atomic E-state index is 12.0. The molecule has 0 spiro atoms. The number of anilines is 3. The molecule has 0 fully saturated rings. The SMILES string of the molecule is CCOc1ccc(Nc2ccc3c(c2)CCC[C@H]3CNc2cnccc2C(=O)OC)cc1. The first-order chi connectivity index (χ1) is 15.7. The quantitative estimate of drug-likeness (QED) is 0.456. The summed E-state index contributed by atoms with van der Waals surface area (Å²) in [5.74, 6) is 0.899. The Morgan fingerprint density at radius 3 is 2.72 bits per heavy atom. The van der Waals surface area contributed by atoms with Crippen molar-refractivity contribution >= 4 is 23.0 Å². The van der Waals surface area contributed by atoms with E-state index in [9.17, 15) is 4.79 Å². The van der Waals surface area contributed by atoms with Gasteiger partial charge in [-0.05, 0) is 79.8 Å². The molecule has 0 radical (unpaired) electrons. The zero-order valence-electron chi connectivity index (χ0n) is 18.6. The van der Waals surface area contributed by atoms with E-state index in [1.165, 1.54) is 18.2 Å². The van der Waals surface area contributed by atoms with E-state index in [0.717, 1.165) is 42.9 Å². The number of benzene rings is 2. The summed E-state index contributed by atoms with van der Waals surface area (Å²) in [6.45, 7) is 3.39. The fraction of sp³-hybridized carbons (Fsp3) is 0.308. The minimum Gasteiger partial charge on any atom is -0.494 e. The van der Waals surface area contributed by atoms with Crippen LogP contribution in [0.5, 0.6) is 5.75 Å². The molecular weight excluding hydrogens is 402 g/mol. The van der Waals surface area contributed by atoms with Crippen molar-refractivity contribution < 1.29 is 14.3 Å². The summed E-state index contributed by atoms with van der Waals surface area (Å²) in [6.07, 6.45) is 6.61. The summed E-state index contributed by atoms with van der Waals surface area (Å²) in [4.78, 5) is 16.2. The normalized spacial score (nSPS) is 14.9. The lowest BCUT2D eigenvalue weighted by Crippen LogP contribution is -2.19. The van der Waals surface area contributed by atoms with Crippen LogP contribution in [-0.2, 0) is 11.2 Å². The Morgan fingerprint density at radius 1 is 1.12 bits per heavy atom. The van der Waals surface area contributed by atoms with Crippen molar-refractivity contribution in [3.8, 4) is 5.75 Å². The Kier molecular flexibility index (Phi) is 6.90. The van der Waals surface area contributed by atoms with Crippen LogP contribution in [0.25, 0.3) is 0 Å². The number of rotatable bonds is 8. The molecule has 0 bridgehead atoms. The van der Waals surface area contributed by atoms with Gasteiger partial charge in [0.15, 0.2) is 0 Å². The molecule has 6 heteroatoms. The third kappa shape index (κ3) is 5.02. The van der Waals surface area contributed by atoms with Crippen molar-refractivity contribution in [2.45, 2.75) is 32.1 Å². The van der Waals surface area contributed by atoms with Crippen LogP contribution in [0.2, 0.25) is 0 Å². The molecule has 0 aliphatic heterocycles. The lowest BCUT2D eigenvalue weighted by atomic mass is 9.82. The largest absolute Gasteiger partial charge is 0.494 e. The first-order valence-electron chi connectivity index (χ1n) is 11.1. The van der Waals surface area contributed by atoms with Crippen molar-refractivity contribution in [1.82, 2.24) is 4.98 Å². The number of carbonyl (C=O) groups is 1. The van der Waals surface area contributed by atoms with Gasteiger partial charge in [0.2, 0.25) is 0 Å². The molecule has 0 unspecified atom stereocenters. The fourth-order valence-corrected chi connectivity index (χ4v) is 4.23. The van der Waals surface area contributed by atoms with E-state index in [4.69, 9.17) is 9.47 Å². The van der Waals surface area contributed by atoms with Crippen LogP contribution >= 0.6 is 0 Å². The molecule has 3 aromatic rings. The molecule has 0 amide bonds. The van der Waals surface area contributed by atoms with Crippen LogP contribution in [0, 0.1) is 0 Å². The lowest BCUT2D eigenvalue weighted by Gasteiger charge is -2.27. The van der Waals surface area contributed by atoms with Crippen LogP contribution in [0.1, 0.15) is 47.2 Å². The van der Waals surface area contributed by atoms with Gasteiger partial charge in [-0.25, -0.2) is 4.79 Å². The maximum Gasteiger partial charge on any atom is 0.340 e. The van der Waals surface area contributed by atoms with Gasteiger partial charge in [-0.15, -0.1) is 0 Å². The summed E-state index contributed by atoms with van der Waals surface area (Å²) in [5, 5.41) is 6.91. The highest BCUT2D eigenvalue weighted by molar-refractivity contribution is 5.95. The zero-order valence-corrected chi connectivity index (χ0v) is 18.6. The number of hydrogen-bond acceptors (Lipinski definition) is 6. The molecule has 0 saturated heterocycles. The van der Waals surface area contributed by atoms with Gasteiger partial charge in [0, 0.05) is 30.0 Å². The van der Waals surface area contributed by atoms with Gasteiger partial charge < -0.3 is 20.1 Å². The Labute approximate surface area is 189 Å². The minimum absolute atomic E-state index is 0.357. The summed E-state index contributed by atoms with van der Waals surface area (Å²) in [6, 6.07) is 16.3. The van der Waals surface area contributed by atoms with Crippen LogP contribution in [0.3, 0.4) is 0 Å². The number of nitrogens with one attached hydrogen (secondary N) is 2. The van der Waals surface area contributed by atoms with Crippen LogP contribution < -0.4 is 15.4 Å². The standard InChI is InChI=1S/C26H29N3O3/c1-3-32-22-10-7-20(8-11-22)29-21-9-12-23-18(15-21)5-4-6-19(23)16-28-25-17-27-14-13-24(25)26(30)31-2/h7-15,17,19,28-29H,3-6,16H2,1-2H3/t19-/m0/s1. The highest BCUT2D eigenvalue weighted by atomic mass is 16.5. The molecular formula is C26H29N3O3. The molecule has 4 rings (SSSR count). The number of nitrogens with zero attached hydrogens (tertiary/aromatic N) is 1. The minimum atomic E-state index is -0.357. The zero-order chi connectivity index (χ0) is 22.3. The summed E-state index contributed by atoms with van der Waals surface area (Å²) >= 11 is 0.